The van der Waals surface area contributed by atoms with Crippen LogP contribution in [-0.2, 0) is 4.79 Å². The van der Waals surface area contributed by atoms with Crippen molar-refractivity contribution in [1.29, 1.82) is 0 Å². The average molecular weight is 393 g/mol. The molecule has 0 aliphatic carbocycles. The van der Waals surface area contributed by atoms with Gasteiger partial charge in [-0.1, -0.05) is 22.0 Å². The number of nitrogens with one attached hydrogen (secondary N) is 2. The van der Waals surface area contributed by atoms with Gasteiger partial charge in [0.05, 0.1) is 25.4 Å². The third-order valence-electron chi connectivity index (χ3n) is 3.11. The molecule has 24 heavy (non-hydrogen) atoms. The number of hydrogen-bond acceptors (Lipinski definition) is 4. The molecule has 0 spiro atoms. The number of carbonyl (C=O) groups excluding carboxylic acids is 1. The van der Waals surface area contributed by atoms with Crippen LogP contribution < -0.4 is 20.1 Å². The second-order valence-corrected chi connectivity index (χ2v) is 5.85. The number of anilines is 2. The Kier molecular flexibility index (Phi) is 6.93. The van der Waals surface area contributed by atoms with E-state index in [-0.39, 0.29) is 12.5 Å². The Bertz CT molecular complexity index is 692. The van der Waals surface area contributed by atoms with Crippen LogP contribution in [0.15, 0.2) is 46.9 Å². The zero-order chi connectivity index (χ0) is 17.4. The lowest BCUT2D eigenvalue weighted by Gasteiger charge is -2.14. The Morgan fingerprint density at radius 1 is 1.08 bits per heavy atom. The highest BCUT2D eigenvalue weighted by Gasteiger charge is 2.10. The summed E-state index contributed by atoms with van der Waals surface area (Å²) in [6.07, 6.45) is 0. The molecule has 2 aromatic rings. The number of amides is 1. The third kappa shape index (κ3) is 5.45. The van der Waals surface area contributed by atoms with Gasteiger partial charge in [-0.3, -0.25) is 4.79 Å². The van der Waals surface area contributed by atoms with Crippen molar-refractivity contribution in [2.45, 2.75) is 13.8 Å². The molecule has 0 saturated heterocycles. The maximum Gasteiger partial charge on any atom is 0.243 e. The normalized spacial score (nSPS) is 10.1. The van der Waals surface area contributed by atoms with Crippen LogP contribution >= 0.6 is 15.9 Å². The van der Waals surface area contributed by atoms with Gasteiger partial charge in [0, 0.05) is 16.2 Å². The van der Waals surface area contributed by atoms with Gasteiger partial charge >= 0.3 is 0 Å². The van der Waals surface area contributed by atoms with Gasteiger partial charge in [0.25, 0.3) is 0 Å². The molecule has 0 bridgehead atoms. The van der Waals surface area contributed by atoms with E-state index in [1.54, 1.807) is 12.1 Å². The van der Waals surface area contributed by atoms with Crippen LogP contribution in [0, 0.1) is 0 Å². The molecule has 0 saturated carbocycles. The second kappa shape index (κ2) is 9.17. The van der Waals surface area contributed by atoms with Crippen LogP contribution in [-0.4, -0.2) is 25.7 Å². The molecular weight excluding hydrogens is 372 g/mol. The summed E-state index contributed by atoms with van der Waals surface area (Å²) in [7, 11) is 0. The van der Waals surface area contributed by atoms with E-state index in [1.165, 1.54) is 0 Å². The zero-order valence-electron chi connectivity index (χ0n) is 13.8. The van der Waals surface area contributed by atoms with Gasteiger partial charge in [-0.15, -0.1) is 0 Å². The van der Waals surface area contributed by atoms with Crippen molar-refractivity contribution in [2.75, 3.05) is 30.4 Å². The molecule has 5 nitrogen and oxygen atoms in total. The van der Waals surface area contributed by atoms with E-state index < -0.39 is 0 Å². The molecule has 2 N–H and O–H groups in total. The van der Waals surface area contributed by atoms with Gasteiger partial charge < -0.3 is 20.1 Å². The van der Waals surface area contributed by atoms with E-state index >= 15 is 0 Å². The molecule has 1 amide bonds. The molecule has 0 fully saturated rings. The SMILES string of the molecule is CCOc1ccc(OCC)c(NC(=O)CNc2cccc(Br)c2)c1. The van der Waals surface area contributed by atoms with Crippen molar-refractivity contribution in [2.24, 2.45) is 0 Å². The third-order valence-corrected chi connectivity index (χ3v) is 3.61. The van der Waals surface area contributed by atoms with Gasteiger partial charge in [-0.2, -0.15) is 0 Å². The monoisotopic (exact) mass is 392 g/mol. The van der Waals surface area contributed by atoms with E-state index in [0.717, 1.165) is 10.2 Å². The predicted molar refractivity (Wildman–Crippen MR) is 100 cm³/mol. The summed E-state index contributed by atoms with van der Waals surface area (Å²) in [5, 5.41) is 5.94. The van der Waals surface area contributed by atoms with E-state index in [9.17, 15) is 4.79 Å². The van der Waals surface area contributed by atoms with E-state index in [0.29, 0.717) is 30.4 Å². The molecule has 2 rings (SSSR count). The first-order valence-corrected chi connectivity index (χ1v) is 8.60. The molecule has 0 unspecified atom stereocenters. The first-order valence-electron chi connectivity index (χ1n) is 7.81. The number of halogens is 1. The minimum atomic E-state index is -0.162. The lowest BCUT2D eigenvalue weighted by molar-refractivity contribution is -0.114. The van der Waals surface area contributed by atoms with Crippen LogP contribution in [0.25, 0.3) is 0 Å². The molecule has 0 aromatic heterocycles. The molecule has 6 heteroatoms. The highest BCUT2D eigenvalue weighted by Crippen LogP contribution is 2.29. The fraction of sp³-hybridized carbons (Fsp3) is 0.278. The fourth-order valence-electron chi connectivity index (χ4n) is 2.12. The van der Waals surface area contributed by atoms with Gasteiger partial charge in [0.2, 0.25) is 5.91 Å². The lowest BCUT2D eigenvalue weighted by Crippen LogP contribution is -2.22. The summed E-state index contributed by atoms with van der Waals surface area (Å²) >= 11 is 3.40. The van der Waals surface area contributed by atoms with Crippen molar-refractivity contribution >= 4 is 33.2 Å². The highest BCUT2D eigenvalue weighted by molar-refractivity contribution is 9.10. The summed E-state index contributed by atoms with van der Waals surface area (Å²) in [5.74, 6) is 1.15. The Hall–Kier alpha value is -2.21. The molecular formula is C18H21BrN2O3. The Balaban J connectivity index is 2.02. The number of rotatable bonds is 8. The lowest BCUT2D eigenvalue weighted by atomic mass is 10.2. The highest BCUT2D eigenvalue weighted by atomic mass is 79.9. The summed E-state index contributed by atoms with van der Waals surface area (Å²) in [5.41, 5.74) is 1.47. The second-order valence-electron chi connectivity index (χ2n) is 4.94. The van der Waals surface area contributed by atoms with Crippen molar-refractivity contribution < 1.29 is 14.3 Å². The molecule has 0 atom stereocenters. The summed E-state index contributed by atoms with van der Waals surface area (Å²) < 4.78 is 12.0. The van der Waals surface area contributed by atoms with E-state index in [4.69, 9.17) is 9.47 Å². The van der Waals surface area contributed by atoms with Crippen molar-refractivity contribution in [3.05, 3.63) is 46.9 Å². The van der Waals surface area contributed by atoms with Crippen LogP contribution in [0.5, 0.6) is 11.5 Å². The number of hydrogen-bond donors (Lipinski definition) is 2. The zero-order valence-corrected chi connectivity index (χ0v) is 15.4. The molecule has 0 heterocycles. The minimum Gasteiger partial charge on any atom is -0.494 e. The smallest absolute Gasteiger partial charge is 0.243 e. The van der Waals surface area contributed by atoms with Crippen molar-refractivity contribution in [3.63, 3.8) is 0 Å². The van der Waals surface area contributed by atoms with Gasteiger partial charge in [-0.05, 0) is 44.2 Å². The Morgan fingerprint density at radius 3 is 2.58 bits per heavy atom. The van der Waals surface area contributed by atoms with Gasteiger partial charge in [0.15, 0.2) is 0 Å². The van der Waals surface area contributed by atoms with Crippen LogP contribution in [0.2, 0.25) is 0 Å². The van der Waals surface area contributed by atoms with Crippen molar-refractivity contribution in [1.82, 2.24) is 0 Å². The molecule has 0 radical (unpaired) electrons. The maximum atomic E-state index is 12.2. The van der Waals surface area contributed by atoms with Gasteiger partial charge in [-0.25, -0.2) is 0 Å². The topological polar surface area (TPSA) is 59.6 Å². The van der Waals surface area contributed by atoms with E-state index in [2.05, 4.69) is 26.6 Å². The molecule has 2 aromatic carbocycles. The molecule has 0 aliphatic heterocycles. The number of carbonyl (C=O) groups is 1. The average Bonchev–Trinajstić information content (AvgIpc) is 2.56. The van der Waals surface area contributed by atoms with E-state index in [1.807, 2.05) is 44.2 Å². The van der Waals surface area contributed by atoms with Crippen molar-refractivity contribution in [3.8, 4) is 11.5 Å². The predicted octanol–water partition coefficient (Wildman–Crippen LogP) is 4.30. The van der Waals surface area contributed by atoms with Crippen LogP contribution in [0.3, 0.4) is 0 Å². The minimum absolute atomic E-state index is 0.154. The summed E-state index contributed by atoms with van der Waals surface area (Å²) in [6, 6.07) is 13.0. The quantitative estimate of drug-likeness (QED) is 0.702. The largest absolute Gasteiger partial charge is 0.494 e. The summed E-state index contributed by atoms with van der Waals surface area (Å²) in [4.78, 5) is 12.2. The molecule has 0 aliphatic rings. The van der Waals surface area contributed by atoms with Gasteiger partial charge in [0.1, 0.15) is 11.5 Å². The molecule has 128 valence electrons. The maximum absolute atomic E-state index is 12.2. The Labute approximate surface area is 150 Å². The fourth-order valence-corrected chi connectivity index (χ4v) is 2.52. The number of benzene rings is 2. The summed E-state index contributed by atoms with van der Waals surface area (Å²) in [6.45, 7) is 5.05. The van der Waals surface area contributed by atoms with Crippen LogP contribution in [0.4, 0.5) is 11.4 Å². The standard InChI is InChI=1S/C18H21BrN2O3/c1-3-23-15-8-9-17(24-4-2)16(11-15)21-18(22)12-20-14-7-5-6-13(19)10-14/h5-11,20H,3-4,12H2,1-2H3,(H,21,22). The van der Waals surface area contributed by atoms with Crippen LogP contribution in [0.1, 0.15) is 13.8 Å². The first kappa shape index (κ1) is 18.1. The number of ether oxygens (including phenoxy) is 2. The Morgan fingerprint density at radius 2 is 1.88 bits per heavy atom. The first-order chi connectivity index (χ1) is 11.6.